The molecule has 4 nitrogen and oxygen atoms in total. The molecule has 1 N–H and O–H groups in total. The second-order valence-corrected chi connectivity index (χ2v) is 6.32. The van der Waals surface area contributed by atoms with E-state index >= 15 is 0 Å². The third-order valence-electron chi connectivity index (χ3n) is 2.61. The van der Waals surface area contributed by atoms with Gasteiger partial charge in [-0.25, -0.2) is 12.8 Å². The van der Waals surface area contributed by atoms with Crippen molar-refractivity contribution < 1.29 is 17.5 Å². The quantitative estimate of drug-likeness (QED) is 0.763. The topological polar surface area (TPSA) is 55.4 Å². The molecule has 1 rings (SSSR count). The van der Waals surface area contributed by atoms with Crippen LogP contribution in [0.4, 0.5) is 4.39 Å². The highest BCUT2D eigenvalue weighted by Gasteiger charge is 2.09. The van der Waals surface area contributed by atoms with E-state index in [0.29, 0.717) is 12.1 Å². The van der Waals surface area contributed by atoms with Gasteiger partial charge in [-0.2, -0.15) is 0 Å². The number of methoxy groups -OCH3 is 1. The van der Waals surface area contributed by atoms with Crippen molar-refractivity contribution in [2.24, 2.45) is 0 Å². The van der Waals surface area contributed by atoms with Crippen LogP contribution in [-0.4, -0.2) is 33.6 Å². The van der Waals surface area contributed by atoms with Crippen LogP contribution in [0.15, 0.2) is 18.2 Å². The number of nitrogens with one attached hydrogen (secondary N) is 1. The summed E-state index contributed by atoms with van der Waals surface area (Å²) in [7, 11) is -1.57. The third-order valence-corrected chi connectivity index (χ3v) is 4.31. The van der Waals surface area contributed by atoms with Crippen molar-refractivity contribution in [3.63, 3.8) is 0 Å². The van der Waals surface area contributed by atoms with Gasteiger partial charge in [-0.1, -0.05) is 19.1 Å². The Morgan fingerprint density at radius 2 is 2.11 bits per heavy atom. The van der Waals surface area contributed by atoms with Crippen LogP contribution in [0.3, 0.4) is 0 Å². The molecule has 0 aromatic heterocycles. The van der Waals surface area contributed by atoms with Gasteiger partial charge in [-0.15, -0.1) is 0 Å². The van der Waals surface area contributed by atoms with Gasteiger partial charge in [0.2, 0.25) is 0 Å². The van der Waals surface area contributed by atoms with Crippen LogP contribution in [0.5, 0.6) is 5.75 Å². The van der Waals surface area contributed by atoms with Crippen molar-refractivity contribution in [3.05, 3.63) is 29.6 Å². The highest BCUT2D eigenvalue weighted by molar-refractivity contribution is 7.91. The number of ether oxygens (including phenoxy) is 1. The normalized spacial score (nSPS) is 11.5. The Hall–Kier alpha value is -1.14. The van der Waals surface area contributed by atoms with Crippen molar-refractivity contribution >= 4 is 9.84 Å². The molecule has 1 aromatic rings. The summed E-state index contributed by atoms with van der Waals surface area (Å²) in [5.41, 5.74) is 0.461. The molecule has 0 saturated heterocycles. The van der Waals surface area contributed by atoms with E-state index in [2.05, 4.69) is 5.32 Å². The second kappa shape index (κ2) is 6.70. The van der Waals surface area contributed by atoms with Crippen LogP contribution in [0.2, 0.25) is 0 Å². The predicted molar refractivity (Wildman–Crippen MR) is 69.0 cm³/mol. The van der Waals surface area contributed by atoms with E-state index in [4.69, 9.17) is 4.74 Å². The Bertz CT molecular complexity index is 488. The lowest BCUT2D eigenvalue weighted by atomic mass is 10.2. The van der Waals surface area contributed by atoms with Crippen molar-refractivity contribution in [2.75, 3.05) is 25.2 Å². The lowest BCUT2D eigenvalue weighted by Crippen LogP contribution is -2.24. The molecule has 102 valence electrons. The lowest BCUT2D eigenvalue weighted by Gasteiger charge is -2.08. The molecule has 0 amide bonds. The Labute approximate surface area is 107 Å². The van der Waals surface area contributed by atoms with Crippen LogP contribution in [0, 0.1) is 5.82 Å². The molecule has 0 atom stereocenters. The van der Waals surface area contributed by atoms with E-state index in [1.807, 2.05) is 0 Å². The van der Waals surface area contributed by atoms with E-state index in [0.717, 1.165) is 0 Å². The molecule has 18 heavy (non-hydrogen) atoms. The smallest absolute Gasteiger partial charge is 0.169 e. The van der Waals surface area contributed by atoms with Crippen LogP contribution in [-0.2, 0) is 16.4 Å². The molecular weight excluding hydrogens is 257 g/mol. The van der Waals surface area contributed by atoms with Gasteiger partial charge < -0.3 is 10.1 Å². The van der Waals surface area contributed by atoms with Crippen molar-refractivity contribution in [1.82, 2.24) is 5.32 Å². The van der Waals surface area contributed by atoms with Gasteiger partial charge in [0, 0.05) is 24.4 Å². The highest BCUT2D eigenvalue weighted by Crippen LogP contribution is 2.19. The minimum absolute atomic E-state index is 0.0646. The summed E-state index contributed by atoms with van der Waals surface area (Å²) in [5, 5.41) is 2.91. The fraction of sp³-hybridized carbons (Fsp3) is 0.500. The van der Waals surface area contributed by atoms with Crippen LogP contribution in [0.25, 0.3) is 0 Å². The first-order valence-electron chi connectivity index (χ1n) is 5.72. The number of rotatable bonds is 7. The van der Waals surface area contributed by atoms with Gasteiger partial charge >= 0.3 is 0 Å². The maximum Gasteiger partial charge on any atom is 0.169 e. The molecule has 0 heterocycles. The first kappa shape index (κ1) is 14.9. The van der Waals surface area contributed by atoms with Gasteiger partial charge in [-0.3, -0.25) is 0 Å². The predicted octanol–water partition coefficient (Wildman–Crippen LogP) is 1.36. The maximum atomic E-state index is 13.7. The summed E-state index contributed by atoms with van der Waals surface area (Å²) < 4.78 is 41.1. The lowest BCUT2D eigenvalue weighted by molar-refractivity contribution is 0.383. The molecule has 0 fully saturated rings. The maximum absolute atomic E-state index is 13.7. The average molecular weight is 275 g/mol. The molecule has 0 aliphatic rings. The van der Waals surface area contributed by atoms with Gasteiger partial charge in [0.05, 0.1) is 12.9 Å². The molecule has 0 radical (unpaired) electrons. The first-order chi connectivity index (χ1) is 8.50. The standard InChI is InChI=1S/C12H18FNO3S/c1-3-18(15,16)8-7-14-9-10-5-4-6-11(17-2)12(10)13/h4-6,14H,3,7-9H2,1-2H3. The van der Waals surface area contributed by atoms with Gasteiger partial charge in [0.25, 0.3) is 0 Å². The van der Waals surface area contributed by atoms with Crippen LogP contribution in [0.1, 0.15) is 12.5 Å². The Kier molecular flexibility index (Phi) is 5.55. The number of sulfone groups is 1. The summed E-state index contributed by atoms with van der Waals surface area (Å²) in [6.07, 6.45) is 0. The molecule has 0 aliphatic heterocycles. The minimum Gasteiger partial charge on any atom is -0.494 e. The third kappa shape index (κ3) is 4.27. The number of halogens is 1. The molecule has 0 saturated carbocycles. The largest absolute Gasteiger partial charge is 0.494 e. The summed E-state index contributed by atoms with van der Waals surface area (Å²) in [4.78, 5) is 0. The number of hydrogen-bond acceptors (Lipinski definition) is 4. The van der Waals surface area contributed by atoms with Crippen LogP contribution < -0.4 is 10.1 Å². The van der Waals surface area contributed by atoms with E-state index in [1.165, 1.54) is 7.11 Å². The minimum atomic E-state index is -2.98. The van der Waals surface area contributed by atoms with Gasteiger partial charge in [0.1, 0.15) is 0 Å². The first-order valence-corrected chi connectivity index (χ1v) is 7.55. The molecule has 0 aliphatic carbocycles. The van der Waals surface area contributed by atoms with Crippen molar-refractivity contribution in [3.8, 4) is 5.75 Å². The zero-order valence-corrected chi connectivity index (χ0v) is 11.4. The molecule has 0 bridgehead atoms. The zero-order chi connectivity index (χ0) is 13.6. The van der Waals surface area contributed by atoms with Gasteiger partial charge in [0.15, 0.2) is 21.4 Å². The molecular formula is C12H18FNO3S. The Balaban J connectivity index is 2.50. The fourth-order valence-corrected chi connectivity index (χ4v) is 2.19. The second-order valence-electron chi connectivity index (χ2n) is 3.85. The SMILES string of the molecule is CCS(=O)(=O)CCNCc1cccc(OC)c1F. The summed E-state index contributed by atoms with van der Waals surface area (Å²) in [5.74, 6) is -0.0292. The summed E-state index contributed by atoms with van der Waals surface area (Å²) >= 11 is 0. The molecule has 0 spiro atoms. The highest BCUT2D eigenvalue weighted by atomic mass is 32.2. The van der Waals surface area contributed by atoms with Crippen LogP contribution >= 0.6 is 0 Å². The fourth-order valence-electron chi connectivity index (χ4n) is 1.45. The number of benzene rings is 1. The Morgan fingerprint density at radius 1 is 1.39 bits per heavy atom. The van der Waals surface area contributed by atoms with Crippen molar-refractivity contribution in [2.45, 2.75) is 13.5 Å². The van der Waals surface area contributed by atoms with Gasteiger partial charge in [-0.05, 0) is 6.07 Å². The van der Waals surface area contributed by atoms with Crippen molar-refractivity contribution in [1.29, 1.82) is 0 Å². The summed E-state index contributed by atoms with van der Waals surface area (Å²) in [6, 6.07) is 4.88. The Morgan fingerprint density at radius 3 is 2.72 bits per heavy atom. The zero-order valence-electron chi connectivity index (χ0n) is 10.6. The molecule has 0 unspecified atom stereocenters. The molecule has 1 aromatic carbocycles. The average Bonchev–Trinajstić information content (AvgIpc) is 2.36. The van der Waals surface area contributed by atoms with E-state index in [1.54, 1.807) is 25.1 Å². The van der Waals surface area contributed by atoms with E-state index in [-0.39, 0.29) is 23.8 Å². The molecule has 6 heteroatoms. The van der Waals surface area contributed by atoms with E-state index in [9.17, 15) is 12.8 Å². The monoisotopic (exact) mass is 275 g/mol. The number of hydrogen-bond donors (Lipinski definition) is 1. The van der Waals surface area contributed by atoms with E-state index < -0.39 is 15.7 Å². The summed E-state index contributed by atoms with van der Waals surface area (Å²) in [6.45, 7) is 2.20.